The molecule has 0 bridgehead atoms. The minimum absolute atomic E-state index is 0.0412. The van der Waals surface area contributed by atoms with Crippen LogP contribution in [0.2, 0.25) is 0 Å². The van der Waals surface area contributed by atoms with Crippen molar-refractivity contribution < 1.29 is 27.4 Å². The molecule has 1 amide bonds. The molecule has 2 heterocycles. The number of aryl methyl sites for hydroxylation is 1. The highest BCUT2D eigenvalue weighted by atomic mass is 32.2. The summed E-state index contributed by atoms with van der Waals surface area (Å²) in [6, 6.07) is 18.1. The number of amidine groups is 1. The van der Waals surface area contributed by atoms with E-state index in [4.69, 9.17) is 10.5 Å². The van der Waals surface area contributed by atoms with Crippen molar-refractivity contribution in [3.8, 4) is 28.6 Å². The van der Waals surface area contributed by atoms with Crippen LogP contribution in [0.25, 0.3) is 17.1 Å². The second kappa shape index (κ2) is 11.9. The van der Waals surface area contributed by atoms with Crippen LogP contribution in [0.4, 0.5) is 18.9 Å². The highest BCUT2D eigenvalue weighted by Crippen LogP contribution is 2.31. The highest BCUT2D eigenvalue weighted by Gasteiger charge is 2.32. The van der Waals surface area contributed by atoms with Crippen molar-refractivity contribution in [2.24, 2.45) is 15.7 Å². The Labute approximate surface area is 242 Å². The van der Waals surface area contributed by atoms with Gasteiger partial charge in [0, 0.05) is 5.56 Å². The number of alkyl halides is 3. The van der Waals surface area contributed by atoms with Crippen LogP contribution in [0.15, 0.2) is 83.0 Å². The van der Waals surface area contributed by atoms with Crippen LogP contribution < -0.4 is 20.1 Å². The molecule has 4 aromatic rings. The number of hydrogen-bond donors (Lipinski definition) is 1. The van der Waals surface area contributed by atoms with E-state index in [9.17, 15) is 18.0 Å². The van der Waals surface area contributed by atoms with Crippen molar-refractivity contribution in [3.63, 3.8) is 0 Å². The van der Waals surface area contributed by atoms with Gasteiger partial charge in [0.15, 0.2) is 11.0 Å². The van der Waals surface area contributed by atoms with Crippen molar-refractivity contribution >= 4 is 34.5 Å². The van der Waals surface area contributed by atoms with Gasteiger partial charge in [0.05, 0.1) is 30.8 Å². The fraction of sp³-hybridized carbons (Fsp3) is 0.179. The zero-order valence-corrected chi connectivity index (χ0v) is 23.2. The summed E-state index contributed by atoms with van der Waals surface area (Å²) in [5, 5.41) is 4.86. The van der Waals surface area contributed by atoms with E-state index < -0.39 is 6.36 Å². The van der Waals surface area contributed by atoms with Crippen LogP contribution in [-0.2, 0) is 11.3 Å². The Kier molecular flexibility index (Phi) is 8.15. The second-order valence-corrected chi connectivity index (χ2v) is 9.93. The Balaban J connectivity index is 1.24. The third-order valence-electron chi connectivity index (χ3n) is 6.08. The Morgan fingerprint density at radius 3 is 2.45 bits per heavy atom. The molecule has 216 valence electrons. The number of methoxy groups -OCH3 is 1. The van der Waals surface area contributed by atoms with E-state index in [1.807, 2.05) is 43.3 Å². The first-order valence-electron chi connectivity index (χ1n) is 12.5. The van der Waals surface area contributed by atoms with Crippen molar-refractivity contribution in [2.75, 3.05) is 17.8 Å². The molecule has 1 saturated heterocycles. The number of nitrogens with zero attached hydrogens (tertiary/aromatic N) is 6. The fourth-order valence-corrected chi connectivity index (χ4v) is 4.94. The number of aromatic nitrogens is 3. The van der Waals surface area contributed by atoms with E-state index in [-0.39, 0.29) is 29.9 Å². The van der Waals surface area contributed by atoms with Crippen LogP contribution in [0.1, 0.15) is 11.1 Å². The predicted molar refractivity (Wildman–Crippen MR) is 154 cm³/mol. The van der Waals surface area contributed by atoms with E-state index in [0.29, 0.717) is 28.1 Å². The first-order chi connectivity index (χ1) is 20.1. The van der Waals surface area contributed by atoms with Crippen molar-refractivity contribution in [1.29, 1.82) is 0 Å². The van der Waals surface area contributed by atoms with E-state index in [1.165, 1.54) is 51.9 Å². The second-order valence-electron chi connectivity index (χ2n) is 8.99. The van der Waals surface area contributed by atoms with E-state index in [2.05, 4.69) is 24.8 Å². The predicted octanol–water partition coefficient (Wildman–Crippen LogP) is 5.10. The average Bonchev–Trinajstić information content (AvgIpc) is 3.59. The van der Waals surface area contributed by atoms with Gasteiger partial charge in [-0.05, 0) is 60.5 Å². The van der Waals surface area contributed by atoms with Gasteiger partial charge < -0.3 is 15.2 Å². The zero-order valence-electron chi connectivity index (χ0n) is 22.4. The number of rotatable bonds is 7. The number of aliphatic imine (C=N–C) groups is 2. The van der Waals surface area contributed by atoms with Gasteiger partial charge in [0.1, 0.15) is 17.8 Å². The van der Waals surface area contributed by atoms with Gasteiger partial charge in [-0.3, -0.25) is 9.69 Å². The van der Waals surface area contributed by atoms with Crippen LogP contribution in [-0.4, -0.2) is 51.0 Å². The standard InChI is InChI=1S/C28H24F3N7O3S/c1-17-13-22(40-2)11-12-23(17)38-24(39)15-42-27(38)35-26(32)33-14-18-3-5-19(6-4-18)25-34-16-37(36-25)20-7-9-21(10-8-20)41-28(29,30)31/h3-13,16H,14-15H2,1-2H3,(H2,32,33)/b35-27-. The first-order valence-corrected chi connectivity index (χ1v) is 13.4. The maximum absolute atomic E-state index is 12.6. The molecule has 0 atom stereocenters. The smallest absolute Gasteiger partial charge is 0.497 e. The number of carbonyl (C=O) groups excluding carboxylic acids is 1. The minimum atomic E-state index is -4.76. The Morgan fingerprint density at radius 2 is 1.79 bits per heavy atom. The lowest BCUT2D eigenvalue weighted by atomic mass is 10.1. The molecule has 1 aromatic heterocycles. The maximum Gasteiger partial charge on any atom is 0.573 e. The molecule has 1 aliphatic heterocycles. The third-order valence-corrected chi connectivity index (χ3v) is 7.01. The molecule has 5 rings (SSSR count). The molecule has 0 saturated carbocycles. The molecule has 14 heteroatoms. The number of anilines is 1. The normalized spacial score (nSPS) is 15.0. The summed E-state index contributed by atoms with van der Waals surface area (Å²) in [6.45, 7) is 2.15. The van der Waals surface area contributed by atoms with E-state index in [0.717, 1.165) is 16.7 Å². The first kappa shape index (κ1) is 28.7. The topological polar surface area (TPSA) is 120 Å². The fourth-order valence-electron chi connectivity index (χ4n) is 4.07. The molecule has 0 radical (unpaired) electrons. The summed E-state index contributed by atoms with van der Waals surface area (Å²) in [7, 11) is 1.58. The zero-order chi connectivity index (χ0) is 29.9. The number of hydrogen-bond acceptors (Lipinski definition) is 7. The number of nitrogens with two attached hydrogens (primary N) is 1. The quantitative estimate of drug-likeness (QED) is 0.233. The Bertz CT molecular complexity index is 1650. The van der Waals surface area contributed by atoms with Gasteiger partial charge in [-0.2, -0.15) is 4.99 Å². The molecule has 1 aliphatic rings. The monoisotopic (exact) mass is 595 g/mol. The molecule has 42 heavy (non-hydrogen) atoms. The molecular weight excluding hydrogens is 571 g/mol. The summed E-state index contributed by atoms with van der Waals surface area (Å²) in [6.07, 6.45) is -3.29. The van der Waals surface area contributed by atoms with Gasteiger partial charge in [-0.25, -0.2) is 14.7 Å². The summed E-state index contributed by atoms with van der Waals surface area (Å²) >= 11 is 1.29. The summed E-state index contributed by atoms with van der Waals surface area (Å²) in [4.78, 5) is 27.2. The van der Waals surface area contributed by atoms with Crippen molar-refractivity contribution in [1.82, 2.24) is 14.8 Å². The van der Waals surface area contributed by atoms with Crippen LogP contribution in [0.3, 0.4) is 0 Å². The Morgan fingerprint density at radius 1 is 1.07 bits per heavy atom. The largest absolute Gasteiger partial charge is 0.573 e. The van der Waals surface area contributed by atoms with Crippen LogP contribution in [0, 0.1) is 6.92 Å². The number of ether oxygens (including phenoxy) is 2. The number of thioether (sulfide) groups is 1. The van der Waals surface area contributed by atoms with Gasteiger partial charge in [-0.15, -0.1) is 18.3 Å². The van der Waals surface area contributed by atoms with Gasteiger partial charge in [-0.1, -0.05) is 36.0 Å². The molecule has 3 aromatic carbocycles. The van der Waals surface area contributed by atoms with E-state index in [1.54, 1.807) is 13.2 Å². The van der Waals surface area contributed by atoms with Crippen molar-refractivity contribution in [3.05, 3.63) is 84.2 Å². The number of guanidine groups is 1. The van der Waals surface area contributed by atoms with Gasteiger partial charge in [0.2, 0.25) is 11.9 Å². The number of amides is 1. The highest BCUT2D eigenvalue weighted by molar-refractivity contribution is 8.15. The third kappa shape index (κ3) is 6.71. The summed E-state index contributed by atoms with van der Waals surface area (Å²) in [5.41, 5.74) is 9.78. The van der Waals surface area contributed by atoms with E-state index >= 15 is 0 Å². The van der Waals surface area contributed by atoms with Crippen LogP contribution in [0.5, 0.6) is 11.5 Å². The lowest BCUT2D eigenvalue weighted by Gasteiger charge is -2.19. The maximum atomic E-state index is 12.6. The SMILES string of the molecule is COc1ccc(N2C(=O)CS/C2=N\C(N)=NCc2ccc(-c3ncn(-c4ccc(OC(F)(F)F)cc4)n3)cc2)c(C)c1. The molecule has 0 aliphatic carbocycles. The number of carbonyl (C=O) groups is 1. The lowest BCUT2D eigenvalue weighted by Crippen LogP contribution is -2.31. The molecule has 2 N–H and O–H groups in total. The van der Waals surface area contributed by atoms with Gasteiger partial charge >= 0.3 is 6.36 Å². The summed E-state index contributed by atoms with van der Waals surface area (Å²) < 4.78 is 47.8. The molecule has 0 spiro atoms. The molecule has 1 fully saturated rings. The van der Waals surface area contributed by atoms with Crippen LogP contribution >= 0.6 is 11.8 Å². The lowest BCUT2D eigenvalue weighted by molar-refractivity contribution is -0.274. The summed E-state index contributed by atoms with van der Waals surface area (Å²) in [5.74, 6) is 0.998. The van der Waals surface area contributed by atoms with Crippen molar-refractivity contribution in [2.45, 2.75) is 19.8 Å². The molecule has 10 nitrogen and oxygen atoms in total. The molecule has 0 unspecified atom stereocenters. The minimum Gasteiger partial charge on any atom is -0.497 e. The number of halogens is 3. The number of benzene rings is 3. The Hall–Kier alpha value is -4.85. The average molecular weight is 596 g/mol. The molecular formula is C28H24F3N7O3S. The van der Waals surface area contributed by atoms with Gasteiger partial charge in [0.25, 0.3) is 0 Å².